The Bertz CT molecular complexity index is 908. The first-order valence-electron chi connectivity index (χ1n) is 8.46. The van der Waals surface area contributed by atoms with Crippen LogP contribution in [-0.2, 0) is 17.8 Å². The summed E-state index contributed by atoms with van der Waals surface area (Å²) in [6.07, 6.45) is 0.297. The Hall–Kier alpha value is -2.40. The first kappa shape index (κ1) is 17.4. The molecule has 0 radical (unpaired) electrons. The molecule has 0 unspecified atom stereocenters. The summed E-state index contributed by atoms with van der Waals surface area (Å²) in [5.74, 6) is -0.0331. The lowest BCUT2D eigenvalue weighted by Crippen LogP contribution is -2.14. The summed E-state index contributed by atoms with van der Waals surface area (Å²) < 4.78 is 2.28. The fourth-order valence-corrected chi connectivity index (χ4v) is 3.90. The summed E-state index contributed by atoms with van der Waals surface area (Å²) in [6, 6.07) is 9.96. The molecule has 0 aliphatic rings. The molecule has 0 atom stereocenters. The summed E-state index contributed by atoms with van der Waals surface area (Å²) in [4.78, 5) is 17.0. The van der Waals surface area contributed by atoms with Crippen molar-refractivity contribution in [2.75, 3.05) is 5.32 Å². The molecule has 1 amide bonds. The second-order valence-electron chi connectivity index (χ2n) is 6.20. The van der Waals surface area contributed by atoms with E-state index in [-0.39, 0.29) is 5.91 Å². The summed E-state index contributed by atoms with van der Waals surface area (Å²) in [6.45, 7) is 9.32. The van der Waals surface area contributed by atoms with Crippen LogP contribution in [0.4, 0.5) is 5.69 Å². The van der Waals surface area contributed by atoms with Crippen LogP contribution in [0.25, 0.3) is 11.3 Å². The largest absolute Gasteiger partial charge is 0.349 e. The van der Waals surface area contributed by atoms with Crippen LogP contribution in [0.15, 0.2) is 35.7 Å². The van der Waals surface area contributed by atoms with E-state index in [1.807, 2.05) is 36.6 Å². The number of hydrogen-bond donors (Lipinski definition) is 1. The lowest BCUT2D eigenvalue weighted by molar-refractivity contribution is -0.115. The maximum Gasteiger partial charge on any atom is 0.231 e. The lowest BCUT2D eigenvalue weighted by Gasteiger charge is -2.06. The molecule has 0 spiro atoms. The van der Waals surface area contributed by atoms with Crippen molar-refractivity contribution in [3.05, 3.63) is 57.7 Å². The zero-order valence-electron chi connectivity index (χ0n) is 15.1. The number of aromatic nitrogens is 2. The Labute approximate surface area is 152 Å². The molecule has 130 valence electrons. The number of thiazole rings is 1. The standard InChI is InChI=1S/C20H23N3OS/c1-5-23-14(3)10-16(15(23)4)18-12-25-20(22-18)11-19(24)21-17-9-7-6-8-13(17)2/h6-10,12H,5,11H2,1-4H3,(H,21,24). The van der Waals surface area contributed by atoms with Crippen LogP contribution in [-0.4, -0.2) is 15.5 Å². The first-order valence-corrected chi connectivity index (χ1v) is 9.34. The molecule has 0 aliphatic carbocycles. The van der Waals surface area contributed by atoms with E-state index in [2.05, 4.69) is 41.7 Å². The fraction of sp³-hybridized carbons (Fsp3) is 0.300. The van der Waals surface area contributed by atoms with Crippen molar-refractivity contribution in [2.24, 2.45) is 0 Å². The van der Waals surface area contributed by atoms with Crippen molar-refractivity contribution in [3.63, 3.8) is 0 Å². The smallest absolute Gasteiger partial charge is 0.231 e. The summed E-state index contributed by atoms with van der Waals surface area (Å²) in [7, 11) is 0. The second kappa shape index (κ2) is 7.23. The third kappa shape index (κ3) is 3.66. The van der Waals surface area contributed by atoms with Crippen LogP contribution < -0.4 is 5.32 Å². The van der Waals surface area contributed by atoms with Gasteiger partial charge in [-0.1, -0.05) is 18.2 Å². The second-order valence-corrected chi connectivity index (χ2v) is 7.14. The maximum absolute atomic E-state index is 12.3. The van der Waals surface area contributed by atoms with Crippen molar-refractivity contribution in [2.45, 2.75) is 40.7 Å². The highest BCUT2D eigenvalue weighted by molar-refractivity contribution is 7.10. The zero-order chi connectivity index (χ0) is 18.0. The van der Waals surface area contributed by atoms with Crippen LogP contribution in [0.3, 0.4) is 0 Å². The van der Waals surface area contributed by atoms with Gasteiger partial charge in [0.2, 0.25) is 5.91 Å². The van der Waals surface area contributed by atoms with Crippen LogP contribution in [0.2, 0.25) is 0 Å². The Balaban J connectivity index is 1.74. The Morgan fingerprint density at radius 3 is 2.68 bits per heavy atom. The fourth-order valence-electron chi connectivity index (χ4n) is 3.11. The predicted octanol–water partition coefficient (Wildman–Crippen LogP) is 4.74. The topological polar surface area (TPSA) is 46.9 Å². The average Bonchev–Trinajstić information content (AvgIpc) is 3.13. The van der Waals surface area contributed by atoms with Gasteiger partial charge in [0.15, 0.2) is 0 Å². The van der Waals surface area contributed by atoms with Crippen LogP contribution in [0.5, 0.6) is 0 Å². The first-order chi connectivity index (χ1) is 12.0. The molecule has 4 nitrogen and oxygen atoms in total. The molecule has 3 rings (SSSR count). The van der Waals surface area contributed by atoms with Crippen molar-refractivity contribution < 1.29 is 4.79 Å². The molecule has 2 aromatic heterocycles. The highest BCUT2D eigenvalue weighted by Crippen LogP contribution is 2.28. The van der Waals surface area contributed by atoms with Crippen molar-refractivity contribution in [3.8, 4) is 11.3 Å². The molecule has 3 aromatic rings. The van der Waals surface area contributed by atoms with E-state index >= 15 is 0 Å². The number of nitrogens with zero attached hydrogens (tertiary/aromatic N) is 2. The maximum atomic E-state index is 12.3. The zero-order valence-corrected chi connectivity index (χ0v) is 15.9. The van der Waals surface area contributed by atoms with E-state index < -0.39 is 0 Å². The number of aryl methyl sites for hydroxylation is 2. The number of hydrogen-bond acceptors (Lipinski definition) is 3. The highest BCUT2D eigenvalue weighted by Gasteiger charge is 2.14. The van der Waals surface area contributed by atoms with Gasteiger partial charge in [0.25, 0.3) is 0 Å². The number of rotatable bonds is 5. The minimum Gasteiger partial charge on any atom is -0.349 e. The van der Waals surface area contributed by atoms with Crippen molar-refractivity contribution >= 4 is 22.9 Å². The number of amides is 1. The van der Waals surface area contributed by atoms with E-state index in [1.54, 1.807) is 0 Å². The number of benzene rings is 1. The summed E-state index contributed by atoms with van der Waals surface area (Å²) >= 11 is 1.54. The van der Waals surface area contributed by atoms with Crippen LogP contribution >= 0.6 is 11.3 Å². The number of nitrogens with one attached hydrogen (secondary N) is 1. The molecule has 25 heavy (non-hydrogen) atoms. The van der Waals surface area contributed by atoms with E-state index in [0.29, 0.717) is 6.42 Å². The van der Waals surface area contributed by atoms with Crippen LogP contribution in [0, 0.1) is 20.8 Å². The Morgan fingerprint density at radius 2 is 2.00 bits per heavy atom. The third-order valence-corrected chi connectivity index (χ3v) is 5.30. The van der Waals surface area contributed by atoms with E-state index in [9.17, 15) is 4.79 Å². The number of para-hydroxylation sites is 1. The van der Waals surface area contributed by atoms with Gasteiger partial charge in [0.1, 0.15) is 5.01 Å². The molecule has 2 heterocycles. The Morgan fingerprint density at radius 1 is 1.24 bits per heavy atom. The van der Waals surface area contributed by atoms with Gasteiger partial charge in [-0.05, 0) is 45.4 Å². The molecule has 0 saturated carbocycles. The van der Waals surface area contributed by atoms with Crippen molar-refractivity contribution in [1.82, 2.24) is 9.55 Å². The SMILES string of the molecule is CCn1c(C)cc(-c2csc(CC(=O)Nc3ccccc3C)n2)c1C. The van der Waals surface area contributed by atoms with E-state index in [0.717, 1.165) is 34.1 Å². The molecule has 0 saturated heterocycles. The molecule has 0 aliphatic heterocycles. The predicted molar refractivity (Wildman–Crippen MR) is 104 cm³/mol. The molecule has 0 fully saturated rings. The number of anilines is 1. The van der Waals surface area contributed by atoms with E-state index in [1.165, 1.54) is 22.7 Å². The van der Waals surface area contributed by atoms with Gasteiger partial charge in [-0.15, -0.1) is 11.3 Å². The monoisotopic (exact) mass is 353 g/mol. The van der Waals surface area contributed by atoms with Gasteiger partial charge in [-0.2, -0.15) is 0 Å². The average molecular weight is 353 g/mol. The molecular formula is C20H23N3OS. The highest BCUT2D eigenvalue weighted by atomic mass is 32.1. The van der Waals surface area contributed by atoms with Crippen molar-refractivity contribution in [1.29, 1.82) is 0 Å². The summed E-state index contributed by atoms with van der Waals surface area (Å²) in [5, 5.41) is 5.84. The minimum absolute atomic E-state index is 0.0331. The summed E-state index contributed by atoms with van der Waals surface area (Å²) in [5.41, 5.74) is 6.49. The number of carbonyl (C=O) groups is 1. The third-order valence-electron chi connectivity index (χ3n) is 4.45. The minimum atomic E-state index is -0.0331. The number of carbonyl (C=O) groups excluding carboxylic acids is 1. The quantitative estimate of drug-likeness (QED) is 0.720. The van der Waals surface area contributed by atoms with Gasteiger partial charge in [-0.3, -0.25) is 4.79 Å². The Kier molecular flexibility index (Phi) is 5.04. The molecule has 1 aromatic carbocycles. The van der Waals surface area contributed by atoms with Crippen LogP contribution in [0.1, 0.15) is 28.9 Å². The molecule has 0 bridgehead atoms. The van der Waals surface area contributed by atoms with Gasteiger partial charge < -0.3 is 9.88 Å². The van der Waals surface area contributed by atoms with Gasteiger partial charge in [0.05, 0.1) is 12.1 Å². The molecular weight excluding hydrogens is 330 g/mol. The lowest BCUT2D eigenvalue weighted by atomic mass is 10.2. The van der Waals surface area contributed by atoms with E-state index in [4.69, 9.17) is 0 Å². The normalized spacial score (nSPS) is 10.9. The van der Waals surface area contributed by atoms with Gasteiger partial charge >= 0.3 is 0 Å². The van der Waals surface area contributed by atoms with Gasteiger partial charge in [0, 0.05) is 34.6 Å². The molecule has 5 heteroatoms. The van der Waals surface area contributed by atoms with Gasteiger partial charge in [-0.25, -0.2) is 4.98 Å². The molecule has 1 N–H and O–H groups in total.